The molecule has 0 spiro atoms. The number of hydrogen-bond donors (Lipinski definition) is 0. The summed E-state index contributed by atoms with van der Waals surface area (Å²) >= 11 is 0. The van der Waals surface area contributed by atoms with E-state index in [1.165, 1.54) is 6.07 Å². The van der Waals surface area contributed by atoms with Crippen molar-refractivity contribution in [1.29, 1.82) is 0 Å². The number of fused-ring (bicyclic) bond motifs is 1. The maximum absolute atomic E-state index is 13.3. The predicted octanol–water partition coefficient (Wildman–Crippen LogP) is 4.15. The Morgan fingerprint density at radius 2 is 1.64 bits per heavy atom. The van der Waals surface area contributed by atoms with E-state index in [4.69, 9.17) is 4.42 Å². The van der Waals surface area contributed by atoms with E-state index in [0.717, 1.165) is 4.57 Å². The smallest absolute Gasteiger partial charge is 0.419 e. The van der Waals surface area contributed by atoms with Gasteiger partial charge in [-0.1, -0.05) is 30.3 Å². The summed E-state index contributed by atoms with van der Waals surface area (Å²) in [7, 11) is 0. The normalized spacial score (nSPS) is 12.0. The van der Waals surface area contributed by atoms with Gasteiger partial charge < -0.3 is 8.98 Å². The molecule has 0 radical (unpaired) electrons. The van der Waals surface area contributed by atoms with E-state index >= 15 is 0 Å². The Hall–Kier alpha value is -3.16. The summed E-state index contributed by atoms with van der Waals surface area (Å²) in [5, 5.41) is 7.77. The fourth-order valence-electron chi connectivity index (χ4n) is 2.60. The van der Waals surface area contributed by atoms with Gasteiger partial charge in [0.25, 0.3) is 0 Å². The molecule has 0 unspecified atom stereocenters. The second-order valence-corrected chi connectivity index (χ2v) is 5.38. The summed E-state index contributed by atoms with van der Waals surface area (Å²) in [6, 6.07) is 15.4. The number of hydrogen-bond acceptors (Lipinski definition) is 4. The van der Waals surface area contributed by atoms with Crippen LogP contribution in [-0.4, -0.2) is 19.7 Å². The van der Waals surface area contributed by atoms with Crippen LogP contribution in [0.15, 0.2) is 59.0 Å². The van der Waals surface area contributed by atoms with Crippen LogP contribution in [0.3, 0.4) is 0 Å². The molecule has 25 heavy (non-hydrogen) atoms. The number of nitrogens with zero attached hydrogens (tertiary/aromatic N) is 4. The quantitative estimate of drug-likeness (QED) is 0.560. The van der Waals surface area contributed by atoms with E-state index in [1.807, 2.05) is 18.2 Å². The molecule has 0 aliphatic rings. The Balaban J connectivity index is 1.75. The molecule has 0 aliphatic heterocycles. The van der Waals surface area contributed by atoms with Crippen molar-refractivity contribution >= 4 is 11.0 Å². The van der Waals surface area contributed by atoms with Gasteiger partial charge in [0.1, 0.15) is 6.54 Å². The molecule has 0 bridgehead atoms. The molecule has 0 fully saturated rings. The van der Waals surface area contributed by atoms with Crippen LogP contribution in [0, 0.1) is 0 Å². The molecule has 0 saturated heterocycles. The summed E-state index contributed by atoms with van der Waals surface area (Å²) < 4.78 is 46.5. The largest absolute Gasteiger partial charge is 0.449 e. The van der Waals surface area contributed by atoms with E-state index in [1.54, 1.807) is 30.3 Å². The lowest BCUT2D eigenvalue weighted by Crippen LogP contribution is -2.15. The van der Waals surface area contributed by atoms with E-state index < -0.39 is 12.0 Å². The van der Waals surface area contributed by atoms with Crippen LogP contribution in [0.4, 0.5) is 13.2 Å². The fourth-order valence-corrected chi connectivity index (χ4v) is 2.60. The number of alkyl halides is 3. The molecule has 0 amide bonds. The highest BCUT2D eigenvalue weighted by atomic mass is 19.4. The highest BCUT2D eigenvalue weighted by molar-refractivity contribution is 5.76. The van der Waals surface area contributed by atoms with E-state index in [2.05, 4.69) is 15.2 Å². The molecule has 5 nitrogen and oxygen atoms in total. The number of imidazole rings is 1. The summed E-state index contributed by atoms with van der Waals surface area (Å²) in [4.78, 5) is 3.69. The standard InChI is InChI=1S/C17H11F3N4O/c18-17(19,20)16-21-12-8-4-5-9-13(12)24(16)10-14-22-23-15(25-14)11-6-2-1-3-7-11/h1-9H,10H2. The molecule has 126 valence electrons. The zero-order chi connectivity index (χ0) is 17.4. The number of rotatable bonds is 3. The minimum atomic E-state index is -4.58. The Morgan fingerprint density at radius 1 is 0.920 bits per heavy atom. The molecule has 8 heteroatoms. The minimum absolute atomic E-state index is 0.0764. The molecule has 2 aromatic carbocycles. The number of para-hydroxylation sites is 2. The Labute approximate surface area is 139 Å². The first kappa shape index (κ1) is 15.4. The van der Waals surface area contributed by atoms with Crippen molar-refractivity contribution in [2.24, 2.45) is 0 Å². The van der Waals surface area contributed by atoms with E-state index in [9.17, 15) is 13.2 Å². The molecule has 0 N–H and O–H groups in total. The van der Waals surface area contributed by atoms with Gasteiger partial charge in [0.15, 0.2) is 0 Å². The predicted molar refractivity (Wildman–Crippen MR) is 83.6 cm³/mol. The van der Waals surface area contributed by atoms with Gasteiger partial charge in [0.05, 0.1) is 11.0 Å². The van der Waals surface area contributed by atoms with Gasteiger partial charge >= 0.3 is 6.18 Å². The average Bonchev–Trinajstić information content (AvgIpc) is 3.21. The molecule has 2 heterocycles. The molecular weight excluding hydrogens is 333 g/mol. The van der Waals surface area contributed by atoms with Gasteiger partial charge in [0, 0.05) is 5.56 Å². The summed E-state index contributed by atoms with van der Waals surface area (Å²) in [6.45, 7) is -0.213. The van der Waals surface area contributed by atoms with Crippen molar-refractivity contribution in [3.63, 3.8) is 0 Å². The Bertz CT molecular complexity index is 1020. The number of halogens is 3. The molecule has 4 aromatic rings. The molecule has 0 atom stereocenters. The van der Waals surface area contributed by atoms with Gasteiger partial charge in [-0.15, -0.1) is 10.2 Å². The van der Waals surface area contributed by atoms with Gasteiger partial charge in [-0.2, -0.15) is 13.2 Å². The molecular formula is C17H11F3N4O. The second kappa shape index (κ2) is 5.73. The van der Waals surface area contributed by atoms with Gasteiger partial charge in [0.2, 0.25) is 17.6 Å². The third-order valence-corrected chi connectivity index (χ3v) is 3.69. The van der Waals surface area contributed by atoms with Crippen LogP contribution in [0.25, 0.3) is 22.5 Å². The maximum atomic E-state index is 13.3. The van der Waals surface area contributed by atoms with Crippen LogP contribution >= 0.6 is 0 Å². The van der Waals surface area contributed by atoms with Crippen LogP contribution in [0.2, 0.25) is 0 Å². The van der Waals surface area contributed by atoms with Crippen molar-refractivity contribution < 1.29 is 17.6 Å². The zero-order valence-corrected chi connectivity index (χ0v) is 12.7. The van der Waals surface area contributed by atoms with Crippen LogP contribution in [0.1, 0.15) is 11.7 Å². The maximum Gasteiger partial charge on any atom is 0.449 e. The van der Waals surface area contributed by atoms with E-state index in [-0.39, 0.29) is 23.8 Å². The lowest BCUT2D eigenvalue weighted by molar-refractivity contribution is -0.146. The molecule has 2 aromatic heterocycles. The average molecular weight is 344 g/mol. The van der Waals surface area contributed by atoms with Crippen molar-refractivity contribution in [2.75, 3.05) is 0 Å². The molecule has 4 rings (SSSR count). The topological polar surface area (TPSA) is 56.7 Å². The SMILES string of the molecule is FC(F)(F)c1nc2ccccc2n1Cc1nnc(-c2ccccc2)o1. The Kier molecular flexibility index (Phi) is 3.52. The molecule has 0 saturated carbocycles. The van der Waals surface area contributed by atoms with Crippen LogP contribution in [-0.2, 0) is 12.7 Å². The summed E-state index contributed by atoms with van der Waals surface area (Å²) in [5.41, 5.74) is 1.32. The Morgan fingerprint density at radius 3 is 2.40 bits per heavy atom. The first-order valence-corrected chi connectivity index (χ1v) is 7.42. The van der Waals surface area contributed by atoms with Crippen molar-refractivity contribution in [2.45, 2.75) is 12.7 Å². The fraction of sp³-hybridized carbons (Fsp3) is 0.118. The number of aromatic nitrogens is 4. The van der Waals surface area contributed by atoms with Crippen LogP contribution < -0.4 is 0 Å². The monoisotopic (exact) mass is 344 g/mol. The first-order chi connectivity index (χ1) is 12.0. The first-order valence-electron chi connectivity index (χ1n) is 7.42. The van der Waals surface area contributed by atoms with Crippen LogP contribution in [0.5, 0.6) is 0 Å². The van der Waals surface area contributed by atoms with Crippen molar-refractivity contribution in [3.05, 3.63) is 66.3 Å². The minimum Gasteiger partial charge on any atom is -0.419 e. The van der Waals surface area contributed by atoms with Crippen molar-refractivity contribution in [1.82, 2.24) is 19.7 Å². The highest BCUT2D eigenvalue weighted by Gasteiger charge is 2.37. The van der Waals surface area contributed by atoms with Gasteiger partial charge in [-0.25, -0.2) is 4.98 Å². The second-order valence-electron chi connectivity index (χ2n) is 5.38. The lowest BCUT2D eigenvalue weighted by atomic mass is 10.2. The van der Waals surface area contributed by atoms with Crippen molar-refractivity contribution in [3.8, 4) is 11.5 Å². The van der Waals surface area contributed by atoms with Gasteiger partial charge in [-0.05, 0) is 24.3 Å². The van der Waals surface area contributed by atoms with Gasteiger partial charge in [-0.3, -0.25) is 0 Å². The third-order valence-electron chi connectivity index (χ3n) is 3.69. The zero-order valence-electron chi connectivity index (χ0n) is 12.7. The lowest BCUT2D eigenvalue weighted by Gasteiger charge is -2.09. The third kappa shape index (κ3) is 2.86. The number of benzene rings is 2. The summed E-state index contributed by atoms with van der Waals surface area (Å²) in [5.74, 6) is -0.658. The molecule has 0 aliphatic carbocycles. The van der Waals surface area contributed by atoms with E-state index in [0.29, 0.717) is 11.1 Å². The summed E-state index contributed by atoms with van der Waals surface area (Å²) in [6.07, 6.45) is -4.58. The highest BCUT2D eigenvalue weighted by Crippen LogP contribution is 2.32.